The molecule has 6 nitrogen and oxygen atoms in total. The van der Waals surface area contributed by atoms with Crippen LogP contribution in [0.15, 0.2) is 58.4 Å². The number of hydrogen-bond acceptors (Lipinski definition) is 6. The molecule has 0 spiro atoms. The lowest BCUT2D eigenvalue weighted by Crippen LogP contribution is -2.31. The van der Waals surface area contributed by atoms with E-state index < -0.39 is 5.92 Å². The van der Waals surface area contributed by atoms with Crippen molar-refractivity contribution in [2.45, 2.75) is 31.8 Å². The maximum Gasteiger partial charge on any atom is 0.257 e. The largest absolute Gasteiger partial charge is 0.343 e. The molecule has 1 atom stereocenters. The molecule has 0 aliphatic carbocycles. The van der Waals surface area contributed by atoms with Crippen molar-refractivity contribution in [3.63, 3.8) is 0 Å². The molecule has 0 fully saturated rings. The van der Waals surface area contributed by atoms with Crippen LogP contribution >= 0.6 is 11.8 Å². The fourth-order valence-corrected chi connectivity index (χ4v) is 3.76. The Morgan fingerprint density at radius 3 is 2.70 bits per heavy atom. The van der Waals surface area contributed by atoms with E-state index in [0.29, 0.717) is 27.9 Å². The first-order valence-electron chi connectivity index (χ1n) is 8.73. The Bertz CT molecular complexity index is 964. The minimum absolute atomic E-state index is 0.0111. The first kappa shape index (κ1) is 19.1. The third-order valence-electron chi connectivity index (χ3n) is 4.39. The van der Waals surface area contributed by atoms with Crippen LogP contribution in [0.1, 0.15) is 37.8 Å². The van der Waals surface area contributed by atoms with Crippen LogP contribution in [-0.2, 0) is 4.79 Å². The second-order valence-corrected chi connectivity index (χ2v) is 7.64. The van der Waals surface area contributed by atoms with Crippen LogP contribution in [0.4, 0.5) is 5.82 Å². The normalized spacial score (nSPS) is 16.1. The van der Waals surface area contributed by atoms with Gasteiger partial charge in [-0.25, -0.2) is 4.98 Å². The van der Waals surface area contributed by atoms with Gasteiger partial charge in [0.15, 0.2) is 10.9 Å². The van der Waals surface area contributed by atoms with Gasteiger partial charge >= 0.3 is 0 Å². The molecule has 7 heteroatoms. The molecule has 2 N–H and O–H groups in total. The highest BCUT2D eigenvalue weighted by molar-refractivity contribution is 7.99. The lowest BCUT2D eigenvalue weighted by molar-refractivity contribution is -0.118. The average molecular weight is 382 g/mol. The average Bonchev–Trinajstić information content (AvgIpc) is 2.65. The topological polar surface area (TPSA) is 87.7 Å². The Balaban J connectivity index is 2.21. The molecule has 3 rings (SSSR count). The molecule has 140 valence electrons. The van der Waals surface area contributed by atoms with Crippen LogP contribution in [0.25, 0.3) is 0 Å². The van der Waals surface area contributed by atoms with Gasteiger partial charge in [0, 0.05) is 41.3 Å². The molecule has 0 aromatic carbocycles. The Kier molecular flexibility index (Phi) is 5.60. The van der Waals surface area contributed by atoms with E-state index in [1.165, 1.54) is 11.8 Å². The minimum Gasteiger partial charge on any atom is -0.343 e. The molecule has 2 aromatic rings. The molecule has 3 heterocycles. The van der Waals surface area contributed by atoms with E-state index in [1.54, 1.807) is 18.5 Å². The van der Waals surface area contributed by atoms with E-state index in [4.69, 9.17) is 0 Å². The van der Waals surface area contributed by atoms with Crippen molar-refractivity contribution < 1.29 is 4.79 Å². The molecule has 0 amide bonds. The summed E-state index contributed by atoms with van der Waals surface area (Å²) in [6.45, 7) is 9.26. The number of H-pyrrole nitrogens is 1. The van der Waals surface area contributed by atoms with E-state index in [0.717, 1.165) is 11.3 Å². The summed E-state index contributed by atoms with van der Waals surface area (Å²) in [4.78, 5) is 37.4. The van der Waals surface area contributed by atoms with E-state index in [9.17, 15) is 9.59 Å². The SMILES string of the molecule is C=CCSc1nc2c(c(=O)[nH]1)[C@H](c1ccncc1)C(C(=O)C(C)C)=C(C)N2. The van der Waals surface area contributed by atoms with Crippen LogP contribution < -0.4 is 10.9 Å². The third kappa shape index (κ3) is 3.73. The molecule has 0 unspecified atom stereocenters. The van der Waals surface area contributed by atoms with Crippen molar-refractivity contribution in [1.82, 2.24) is 15.0 Å². The first-order valence-corrected chi connectivity index (χ1v) is 9.72. The Morgan fingerprint density at radius 2 is 2.07 bits per heavy atom. The number of hydrogen-bond donors (Lipinski definition) is 2. The third-order valence-corrected chi connectivity index (χ3v) is 5.26. The van der Waals surface area contributed by atoms with Gasteiger partial charge in [-0.2, -0.15) is 0 Å². The van der Waals surface area contributed by atoms with Crippen LogP contribution in [0.3, 0.4) is 0 Å². The van der Waals surface area contributed by atoms with Crippen LogP contribution in [0, 0.1) is 5.92 Å². The smallest absolute Gasteiger partial charge is 0.257 e. The molecule has 0 saturated heterocycles. The summed E-state index contributed by atoms with van der Waals surface area (Å²) < 4.78 is 0. The Hall–Kier alpha value is -2.67. The fourth-order valence-electron chi connectivity index (χ4n) is 3.16. The van der Waals surface area contributed by atoms with E-state index >= 15 is 0 Å². The standard InChI is InChI=1S/C20H22N4O2S/c1-5-10-27-20-23-18-16(19(26)24-20)15(13-6-8-21-9-7-13)14(12(4)22-18)17(25)11(2)3/h5-9,11,15H,1,10H2,2-4H3,(H2,22,23,24,26)/t15-/m1/s1. The number of nitrogens with zero attached hydrogens (tertiary/aromatic N) is 2. The van der Waals surface area contributed by atoms with Crippen LogP contribution in [-0.4, -0.2) is 26.5 Å². The van der Waals surface area contributed by atoms with E-state index in [1.807, 2.05) is 32.9 Å². The predicted molar refractivity (Wildman–Crippen MR) is 108 cm³/mol. The molecule has 27 heavy (non-hydrogen) atoms. The minimum atomic E-state index is -0.478. The zero-order valence-corrected chi connectivity index (χ0v) is 16.4. The van der Waals surface area contributed by atoms with Crippen molar-refractivity contribution >= 4 is 23.4 Å². The summed E-state index contributed by atoms with van der Waals surface area (Å²) in [7, 11) is 0. The predicted octanol–water partition coefficient (Wildman–Crippen LogP) is 3.50. The molecule has 0 bridgehead atoms. The van der Waals surface area contributed by atoms with Crippen molar-refractivity contribution in [2.24, 2.45) is 5.92 Å². The molecule has 2 aromatic heterocycles. The second-order valence-electron chi connectivity index (χ2n) is 6.63. The number of aromatic amines is 1. The Labute approximate surface area is 162 Å². The quantitative estimate of drug-likeness (QED) is 0.452. The van der Waals surface area contributed by atoms with Gasteiger partial charge in [-0.15, -0.1) is 6.58 Å². The maximum atomic E-state index is 13.0. The number of Topliss-reactive ketones (excluding diaryl/α,β-unsaturated/α-hetero) is 1. The summed E-state index contributed by atoms with van der Waals surface area (Å²) in [5.74, 6) is 0.481. The summed E-state index contributed by atoms with van der Waals surface area (Å²) in [5, 5.41) is 3.70. The van der Waals surface area contributed by atoms with Gasteiger partial charge in [0.1, 0.15) is 5.82 Å². The molecular formula is C20H22N4O2S. The number of anilines is 1. The van der Waals surface area contributed by atoms with E-state index in [-0.39, 0.29) is 17.3 Å². The summed E-state index contributed by atoms with van der Waals surface area (Å²) in [6, 6.07) is 3.67. The summed E-state index contributed by atoms with van der Waals surface area (Å²) in [6.07, 6.45) is 5.08. The number of carbonyl (C=O) groups excluding carboxylic acids is 1. The number of rotatable bonds is 6. The van der Waals surface area contributed by atoms with Gasteiger partial charge in [0.05, 0.1) is 5.56 Å². The lowest BCUT2D eigenvalue weighted by atomic mass is 9.79. The van der Waals surface area contributed by atoms with Gasteiger partial charge in [-0.05, 0) is 24.6 Å². The number of ketones is 1. The molecule has 1 aliphatic heterocycles. The zero-order chi connectivity index (χ0) is 19.6. The molecular weight excluding hydrogens is 360 g/mol. The number of thioether (sulfide) groups is 1. The van der Waals surface area contributed by atoms with Gasteiger partial charge in [-0.1, -0.05) is 31.7 Å². The summed E-state index contributed by atoms with van der Waals surface area (Å²) >= 11 is 1.40. The van der Waals surface area contributed by atoms with Crippen LogP contribution in [0.5, 0.6) is 0 Å². The van der Waals surface area contributed by atoms with Gasteiger partial charge in [-0.3, -0.25) is 14.6 Å². The number of allylic oxidation sites excluding steroid dienone is 2. The lowest BCUT2D eigenvalue weighted by Gasteiger charge is -2.30. The molecule has 1 aliphatic rings. The van der Waals surface area contributed by atoms with Crippen molar-refractivity contribution in [2.75, 3.05) is 11.1 Å². The molecule has 0 saturated carbocycles. The monoisotopic (exact) mass is 382 g/mol. The van der Waals surface area contributed by atoms with Gasteiger partial charge < -0.3 is 10.3 Å². The van der Waals surface area contributed by atoms with Crippen molar-refractivity contribution in [3.05, 3.63) is 69.9 Å². The highest BCUT2D eigenvalue weighted by Crippen LogP contribution is 2.40. The van der Waals surface area contributed by atoms with Gasteiger partial charge in [0.25, 0.3) is 5.56 Å². The number of carbonyl (C=O) groups is 1. The number of fused-ring (bicyclic) bond motifs is 1. The number of aromatic nitrogens is 3. The zero-order valence-electron chi connectivity index (χ0n) is 15.6. The maximum absolute atomic E-state index is 13.0. The summed E-state index contributed by atoms with van der Waals surface area (Å²) in [5.41, 5.74) is 2.37. The first-order chi connectivity index (χ1) is 12.9. The number of pyridine rings is 1. The molecule has 0 radical (unpaired) electrons. The Morgan fingerprint density at radius 1 is 1.37 bits per heavy atom. The highest BCUT2D eigenvalue weighted by Gasteiger charge is 2.36. The second kappa shape index (κ2) is 7.92. The van der Waals surface area contributed by atoms with Crippen LogP contribution in [0.2, 0.25) is 0 Å². The number of nitrogens with one attached hydrogen (secondary N) is 2. The van der Waals surface area contributed by atoms with Gasteiger partial charge in [0.2, 0.25) is 0 Å². The van der Waals surface area contributed by atoms with Crippen molar-refractivity contribution in [1.29, 1.82) is 0 Å². The fraction of sp³-hybridized carbons (Fsp3) is 0.300. The van der Waals surface area contributed by atoms with Crippen molar-refractivity contribution in [3.8, 4) is 0 Å². The highest BCUT2D eigenvalue weighted by atomic mass is 32.2. The van der Waals surface area contributed by atoms with E-state index in [2.05, 4.69) is 26.8 Å².